The van der Waals surface area contributed by atoms with Gasteiger partial charge < -0.3 is 9.47 Å². The molecule has 4 nitrogen and oxygen atoms in total. The first-order valence-corrected chi connectivity index (χ1v) is 6.30. The number of benzene rings is 1. The highest BCUT2D eigenvalue weighted by molar-refractivity contribution is 6.33. The molecule has 0 spiro atoms. The van der Waals surface area contributed by atoms with Crippen molar-refractivity contribution >= 4 is 17.7 Å². The average Bonchev–Trinajstić information content (AvgIpc) is 2.99. The Bertz CT molecular complexity index is 560. The van der Waals surface area contributed by atoms with Crippen molar-refractivity contribution in [2.75, 3.05) is 6.79 Å². The van der Waals surface area contributed by atoms with Gasteiger partial charge in [-0.05, 0) is 36.5 Å². The van der Waals surface area contributed by atoms with E-state index in [-0.39, 0.29) is 6.79 Å². The second kappa shape index (κ2) is 4.01. The summed E-state index contributed by atoms with van der Waals surface area (Å²) in [6.07, 6.45) is 4.14. The zero-order chi connectivity index (χ0) is 12.8. The predicted octanol–water partition coefficient (Wildman–Crippen LogP) is 2.96. The van der Waals surface area contributed by atoms with Gasteiger partial charge in [-0.25, -0.2) is 4.79 Å². The van der Waals surface area contributed by atoms with Crippen molar-refractivity contribution in [3.8, 4) is 11.5 Å². The van der Waals surface area contributed by atoms with E-state index in [1.54, 1.807) is 6.08 Å². The van der Waals surface area contributed by atoms with Crippen LogP contribution < -0.4 is 9.47 Å². The van der Waals surface area contributed by atoms with E-state index in [0.717, 1.165) is 30.4 Å². The number of fused-ring (bicyclic) bond motifs is 1. The first-order chi connectivity index (χ1) is 8.72. The minimum atomic E-state index is -0.433. The van der Waals surface area contributed by atoms with Gasteiger partial charge in [-0.15, -0.1) is 0 Å². The number of aliphatic imine (C=N–C) groups is 1. The van der Waals surface area contributed by atoms with E-state index in [1.807, 2.05) is 13.0 Å². The molecule has 1 aliphatic heterocycles. The summed E-state index contributed by atoms with van der Waals surface area (Å²) >= 11 is 6.35. The maximum Gasteiger partial charge on any atom is 0.235 e. The Labute approximate surface area is 110 Å². The number of hydrogen-bond acceptors (Lipinski definition) is 4. The molecule has 1 aromatic rings. The minimum absolute atomic E-state index is 0.186. The third-order valence-corrected chi connectivity index (χ3v) is 3.94. The zero-order valence-corrected chi connectivity index (χ0v) is 10.7. The van der Waals surface area contributed by atoms with Gasteiger partial charge in [0.2, 0.25) is 12.9 Å². The highest BCUT2D eigenvalue weighted by atomic mass is 35.5. The van der Waals surface area contributed by atoms with Gasteiger partial charge in [-0.1, -0.05) is 18.5 Å². The van der Waals surface area contributed by atoms with E-state index >= 15 is 0 Å². The Balaban J connectivity index is 2.21. The van der Waals surface area contributed by atoms with Crippen molar-refractivity contribution in [1.29, 1.82) is 0 Å². The van der Waals surface area contributed by atoms with Gasteiger partial charge in [0.15, 0.2) is 11.5 Å². The van der Waals surface area contributed by atoms with Crippen molar-refractivity contribution < 1.29 is 14.3 Å². The summed E-state index contributed by atoms with van der Waals surface area (Å²) in [7, 11) is 0. The SMILES string of the molecule is CCc1c(C2(N=C=O)CC2)cc2c(c1Cl)OCO2. The number of nitrogens with zero attached hydrogens (tertiary/aromatic N) is 1. The summed E-state index contributed by atoms with van der Waals surface area (Å²) in [6, 6.07) is 1.90. The number of isocyanates is 1. The molecule has 1 saturated carbocycles. The minimum Gasteiger partial charge on any atom is -0.454 e. The third kappa shape index (κ3) is 1.53. The molecule has 0 saturated heterocycles. The van der Waals surface area contributed by atoms with Gasteiger partial charge in [-0.3, -0.25) is 0 Å². The topological polar surface area (TPSA) is 47.9 Å². The van der Waals surface area contributed by atoms with Gasteiger partial charge in [0.25, 0.3) is 0 Å². The lowest BCUT2D eigenvalue weighted by Crippen LogP contribution is -2.07. The van der Waals surface area contributed by atoms with Gasteiger partial charge in [0.05, 0.1) is 10.6 Å². The van der Waals surface area contributed by atoms with Crippen molar-refractivity contribution in [3.05, 3.63) is 22.2 Å². The fourth-order valence-corrected chi connectivity index (χ4v) is 2.83. The summed E-state index contributed by atoms with van der Waals surface area (Å²) in [4.78, 5) is 14.5. The number of halogens is 1. The molecule has 5 heteroatoms. The molecule has 94 valence electrons. The number of ether oxygens (including phenoxy) is 2. The Morgan fingerprint density at radius 1 is 1.50 bits per heavy atom. The Hall–Kier alpha value is -1.51. The molecule has 1 fully saturated rings. The zero-order valence-electron chi connectivity index (χ0n) is 9.96. The largest absolute Gasteiger partial charge is 0.454 e. The summed E-state index contributed by atoms with van der Waals surface area (Å²) in [5.74, 6) is 1.24. The van der Waals surface area contributed by atoms with Crippen LogP contribution in [0.4, 0.5) is 0 Å². The first-order valence-electron chi connectivity index (χ1n) is 5.92. The van der Waals surface area contributed by atoms with Crippen LogP contribution in [0, 0.1) is 0 Å². The average molecular weight is 266 g/mol. The van der Waals surface area contributed by atoms with Crippen LogP contribution in [-0.2, 0) is 16.8 Å². The molecule has 0 bridgehead atoms. The number of carbonyl (C=O) groups excluding carboxylic acids is 1. The smallest absolute Gasteiger partial charge is 0.235 e. The van der Waals surface area contributed by atoms with Crippen LogP contribution in [-0.4, -0.2) is 12.9 Å². The second-order valence-electron chi connectivity index (χ2n) is 4.54. The maximum atomic E-state index is 10.6. The molecule has 0 amide bonds. The highest BCUT2D eigenvalue weighted by Crippen LogP contribution is 2.55. The Morgan fingerprint density at radius 2 is 2.28 bits per heavy atom. The molecular weight excluding hydrogens is 254 g/mol. The van der Waals surface area contributed by atoms with Crippen molar-refractivity contribution in [2.24, 2.45) is 4.99 Å². The Kier molecular flexibility index (Phi) is 2.58. The lowest BCUT2D eigenvalue weighted by molar-refractivity contribution is 0.174. The van der Waals surface area contributed by atoms with E-state index in [9.17, 15) is 4.79 Å². The fourth-order valence-electron chi connectivity index (χ4n) is 2.45. The van der Waals surface area contributed by atoms with E-state index in [1.165, 1.54) is 0 Å². The van der Waals surface area contributed by atoms with E-state index in [0.29, 0.717) is 16.5 Å². The van der Waals surface area contributed by atoms with Crippen LogP contribution >= 0.6 is 11.6 Å². The summed E-state index contributed by atoms with van der Waals surface area (Å²) < 4.78 is 10.7. The van der Waals surface area contributed by atoms with Crippen molar-refractivity contribution in [1.82, 2.24) is 0 Å². The molecule has 0 N–H and O–H groups in total. The summed E-state index contributed by atoms with van der Waals surface area (Å²) in [5.41, 5.74) is 1.53. The summed E-state index contributed by atoms with van der Waals surface area (Å²) in [5, 5.41) is 0.579. The van der Waals surface area contributed by atoms with Gasteiger partial charge in [-0.2, -0.15) is 4.99 Å². The lowest BCUT2D eigenvalue weighted by Gasteiger charge is -2.16. The van der Waals surface area contributed by atoms with Crippen molar-refractivity contribution in [2.45, 2.75) is 31.7 Å². The Morgan fingerprint density at radius 3 is 2.89 bits per heavy atom. The standard InChI is InChI=1S/C13H12ClNO3/c1-2-8-9(13(3-4-13)15-6-16)5-10-12(11(8)14)18-7-17-10/h5H,2-4,7H2,1H3. The third-order valence-electron chi connectivity index (χ3n) is 3.54. The van der Waals surface area contributed by atoms with E-state index in [2.05, 4.69) is 4.99 Å². The quantitative estimate of drug-likeness (QED) is 0.624. The molecule has 0 aromatic heterocycles. The summed E-state index contributed by atoms with van der Waals surface area (Å²) in [6.45, 7) is 2.21. The lowest BCUT2D eigenvalue weighted by atomic mass is 9.96. The number of rotatable bonds is 3. The molecule has 1 aromatic carbocycles. The maximum absolute atomic E-state index is 10.6. The highest BCUT2D eigenvalue weighted by Gasteiger charge is 2.47. The van der Waals surface area contributed by atoms with Crippen LogP contribution in [0.2, 0.25) is 5.02 Å². The number of hydrogen-bond donors (Lipinski definition) is 0. The van der Waals surface area contributed by atoms with Gasteiger partial charge in [0, 0.05) is 0 Å². The van der Waals surface area contributed by atoms with Crippen LogP contribution in [0.1, 0.15) is 30.9 Å². The molecule has 0 radical (unpaired) electrons. The van der Waals surface area contributed by atoms with Crippen LogP contribution in [0.3, 0.4) is 0 Å². The monoisotopic (exact) mass is 265 g/mol. The van der Waals surface area contributed by atoms with Crippen molar-refractivity contribution in [3.63, 3.8) is 0 Å². The van der Waals surface area contributed by atoms with Gasteiger partial charge >= 0.3 is 0 Å². The first kappa shape index (κ1) is 11.6. The van der Waals surface area contributed by atoms with Crippen LogP contribution in [0.5, 0.6) is 11.5 Å². The second-order valence-corrected chi connectivity index (χ2v) is 4.92. The fraction of sp³-hybridized carbons (Fsp3) is 0.462. The predicted molar refractivity (Wildman–Crippen MR) is 66.0 cm³/mol. The molecule has 3 rings (SSSR count). The van der Waals surface area contributed by atoms with Crippen LogP contribution in [0.25, 0.3) is 0 Å². The molecule has 1 heterocycles. The normalized spacial score (nSPS) is 18.3. The van der Waals surface area contributed by atoms with Crippen LogP contribution in [0.15, 0.2) is 11.1 Å². The molecule has 1 aliphatic carbocycles. The molecule has 18 heavy (non-hydrogen) atoms. The van der Waals surface area contributed by atoms with Gasteiger partial charge in [0.1, 0.15) is 0 Å². The molecule has 2 aliphatic rings. The molecule has 0 unspecified atom stereocenters. The molecular formula is C13H12ClNO3. The van der Waals surface area contributed by atoms with E-state index in [4.69, 9.17) is 21.1 Å². The van der Waals surface area contributed by atoms with E-state index < -0.39 is 5.54 Å². The molecule has 0 atom stereocenters.